The van der Waals surface area contributed by atoms with Gasteiger partial charge in [-0.1, -0.05) is 23.2 Å². The number of phenolic OH excluding ortho intramolecular Hbond substituents is 1. The molecule has 2 aromatic carbocycles. The second-order valence-corrected chi connectivity index (χ2v) is 5.88. The average Bonchev–Trinajstić information content (AvgIpc) is 2.33. The molecule has 0 spiro atoms. The van der Waals surface area contributed by atoms with Crippen LogP contribution in [0.3, 0.4) is 0 Å². The molecule has 0 aliphatic rings. The van der Waals surface area contributed by atoms with Crippen molar-refractivity contribution in [3.63, 3.8) is 0 Å². The lowest BCUT2D eigenvalue weighted by Crippen LogP contribution is -2.02. The molecular formula is C13H9Cl2FINO. The number of anilines is 1. The number of benzene rings is 2. The van der Waals surface area contributed by atoms with E-state index in [2.05, 4.69) is 5.32 Å². The van der Waals surface area contributed by atoms with Gasteiger partial charge in [0.1, 0.15) is 11.6 Å². The van der Waals surface area contributed by atoms with Gasteiger partial charge in [-0.2, -0.15) is 0 Å². The molecule has 2 N–H and O–H groups in total. The van der Waals surface area contributed by atoms with Crippen LogP contribution >= 0.6 is 45.8 Å². The van der Waals surface area contributed by atoms with E-state index in [1.165, 1.54) is 18.2 Å². The summed E-state index contributed by atoms with van der Waals surface area (Å²) in [6, 6.07) is 7.54. The Bertz CT molecular complexity index is 622. The van der Waals surface area contributed by atoms with E-state index in [0.29, 0.717) is 17.1 Å². The maximum absolute atomic E-state index is 13.0. The Kier molecular flexibility index (Phi) is 4.76. The average molecular weight is 412 g/mol. The van der Waals surface area contributed by atoms with E-state index < -0.39 is 0 Å². The van der Waals surface area contributed by atoms with Gasteiger partial charge in [-0.05, 0) is 52.9 Å². The van der Waals surface area contributed by atoms with Crippen molar-refractivity contribution in [1.82, 2.24) is 0 Å². The van der Waals surface area contributed by atoms with E-state index in [0.717, 1.165) is 9.26 Å². The summed E-state index contributed by atoms with van der Waals surface area (Å²) in [7, 11) is 0. The molecule has 6 heteroatoms. The normalized spacial score (nSPS) is 10.5. The Balaban J connectivity index is 2.19. The summed E-state index contributed by atoms with van der Waals surface area (Å²) in [5.41, 5.74) is 1.36. The van der Waals surface area contributed by atoms with Gasteiger partial charge >= 0.3 is 0 Å². The topological polar surface area (TPSA) is 32.3 Å². The van der Waals surface area contributed by atoms with Gasteiger partial charge in [-0.15, -0.1) is 0 Å². The standard InChI is InChI=1S/C13H9Cl2FINO/c14-8-3-7(13(19)10(15)4-8)6-18-12-2-1-9(16)5-11(12)17/h1-5,18-19H,6H2. The Morgan fingerprint density at radius 3 is 2.63 bits per heavy atom. The van der Waals surface area contributed by atoms with Crippen LogP contribution in [0.15, 0.2) is 30.3 Å². The third kappa shape index (κ3) is 3.64. The van der Waals surface area contributed by atoms with Crippen LogP contribution in [-0.4, -0.2) is 5.11 Å². The van der Waals surface area contributed by atoms with E-state index in [9.17, 15) is 9.50 Å². The summed E-state index contributed by atoms with van der Waals surface area (Å²) >= 11 is 13.8. The minimum atomic E-state index is -0.288. The first kappa shape index (κ1) is 14.7. The van der Waals surface area contributed by atoms with E-state index in [1.807, 2.05) is 22.6 Å². The van der Waals surface area contributed by atoms with Crippen molar-refractivity contribution >= 4 is 51.5 Å². The first-order valence-corrected chi connectivity index (χ1v) is 7.16. The molecule has 0 unspecified atom stereocenters. The molecule has 0 fully saturated rings. The lowest BCUT2D eigenvalue weighted by molar-refractivity contribution is 0.469. The Labute approximate surface area is 133 Å². The fourth-order valence-electron chi connectivity index (χ4n) is 1.58. The maximum Gasteiger partial charge on any atom is 0.139 e. The van der Waals surface area contributed by atoms with E-state index in [4.69, 9.17) is 23.2 Å². The summed E-state index contributed by atoms with van der Waals surface area (Å²) in [6.45, 7) is 0.341. The molecule has 0 saturated heterocycles. The third-order valence-corrected chi connectivity index (χ3v) is 3.91. The van der Waals surface area contributed by atoms with Crippen molar-refractivity contribution in [2.24, 2.45) is 0 Å². The van der Waals surface area contributed by atoms with Crippen molar-refractivity contribution in [2.75, 3.05) is 5.32 Å². The van der Waals surface area contributed by atoms with Crippen LogP contribution < -0.4 is 5.32 Å². The molecule has 0 amide bonds. The van der Waals surface area contributed by atoms with Crippen molar-refractivity contribution in [3.8, 4) is 5.75 Å². The molecule has 0 bridgehead atoms. The van der Waals surface area contributed by atoms with E-state index in [1.54, 1.807) is 12.1 Å². The van der Waals surface area contributed by atoms with Crippen molar-refractivity contribution in [3.05, 3.63) is 55.3 Å². The van der Waals surface area contributed by atoms with Gasteiger partial charge in [0.15, 0.2) is 0 Å². The summed E-state index contributed by atoms with van der Waals surface area (Å²) < 4.78 is 13.7. The predicted molar refractivity (Wildman–Crippen MR) is 84.6 cm³/mol. The number of halogens is 4. The molecule has 2 rings (SSSR count). The predicted octanol–water partition coefficient (Wildman–Crippen LogP) is 5.05. The fraction of sp³-hybridized carbons (Fsp3) is 0.0769. The molecule has 0 aliphatic carbocycles. The Morgan fingerprint density at radius 2 is 1.95 bits per heavy atom. The van der Waals surface area contributed by atoms with Crippen molar-refractivity contribution < 1.29 is 9.50 Å². The molecule has 0 heterocycles. The zero-order chi connectivity index (χ0) is 14.0. The zero-order valence-electron chi connectivity index (χ0n) is 9.55. The smallest absolute Gasteiger partial charge is 0.139 e. The number of phenols is 1. The lowest BCUT2D eigenvalue weighted by Gasteiger charge is -2.11. The molecule has 0 aliphatic heterocycles. The van der Waals surface area contributed by atoms with Crippen LogP contribution in [0.2, 0.25) is 10.0 Å². The SMILES string of the molecule is Oc1c(Cl)cc(Cl)cc1CNc1ccc(F)cc1I. The first-order chi connectivity index (χ1) is 8.97. The molecule has 0 saturated carbocycles. The van der Waals surface area contributed by atoms with Gasteiger partial charge in [-0.3, -0.25) is 0 Å². The first-order valence-electron chi connectivity index (χ1n) is 5.33. The fourth-order valence-corrected chi connectivity index (χ4v) is 2.78. The summed E-state index contributed by atoms with van der Waals surface area (Å²) in [6.07, 6.45) is 0. The van der Waals surface area contributed by atoms with Gasteiger partial charge in [0.25, 0.3) is 0 Å². The summed E-state index contributed by atoms with van der Waals surface area (Å²) in [4.78, 5) is 0. The molecule has 100 valence electrons. The number of rotatable bonds is 3. The van der Waals surface area contributed by atoms with E-state index in [-0.39, 0.29) is 16.6 Å². The number of hydrogen-bond acceptors (Lipinski definition) is 2. The Morgan fingerprint density at radius 1 is 1.21 bits per heavy atom. The van der Waals surface area contributed by atoms with Crippen LogP contribution in [0, 0.1) is 9.39 Å². The molecule has 0 aromatic heterocycles. The minimum Gasteiger partial charge on any atom is -0.506 e. The highest BCUT2D eigenvalue weighted by Gasteiger charge is 2.08. The molecule has 2 nitrogen and oxygen atoms in total. The van der Waals surface area contributed by atoms with Crippen LogP contribution in [0.4, 0.5) is 10.1 Å². The minimum absolute atomic E-state index is 0.00399. The van der Waals surface area contributed by atoms with Crippen LogP contribution in [0.25, 0.3) is 0 Å². The van der Waals surface area contributed by atoms with Crippen molar-refractivity contribution in [1.29, 1.82) is 0 Å². The van der Waals surface area contributed by atoms with Crippen LogP contribution in [0.1, 0.15) is 5.56 Å². The van der Waals surface area contributed by atoms with Gasteiger partial charge < -0.3 is 10.4 Å². The molecule has 19 heavy (non-hydrogen) atoms. The number of nitrogens with one attached hydrogen (secondary N) is 1. The monoisotopic (exact) mass is 411 g/mol. The van der Waals surface area contributed by atoms with Crippen LogP contribution in [-0.2, 0) is 6.54 Å². The highest BCUT2D eigenvalue weighted by atomic mass is 127. The zero-order valence-corrected chi connectivity index (χ0v) is 13.2. The largest absolute Gasteiger partial charge is 0.506 e. The summed E-state index contributed by atoms with van der Waals surface area (Å²) in [5.74, 6) is -0.292. The van der Waals surface area contributed by atoms with Gasteiger partial charge in [0.2, 0.25) is 0 Å². The van der Waals surface area contributed by atoms with Gasteiger partial charge in [0, 0.05) is 26.4 Å². The number of aromatic hydroxyl groups is 1. The highest BCUT2D eigenvalue weighted by Crippen LogP contribution is 2.32. The highest BCUT2D eigenvalue weighted by molar-refractivity contribution is 14.1. The lowest BCUT2D eigenvalue weighted by atomic mass is 10.2. The van der Waals surface area contributed by atoms with Crippen molar-refractivity contribution in [2.45, 2.75) is 6.54 Å². The third-order valence-electron chi connectivity index (χ3n) is 2.51. The van der Waals surface area contributed by atoms with Crippen LogP contribution in [0.5, 0.6) is 5.75 Å². The van der Waals surface area contributed by atoms with E-state index >= 15 is 0 Å². The summed E-state index contributed by atoms with van der Waals surface area (Å²) in [5, 5.41) is 13.6. The van der Waals surface area contributed by atoms with Gasteiger partial charge in [0.05, 0.1) is 5.02 Å². The molecule has 0 radical (unpaired) electrons. The Hall–Kier alpha value is -0.720. The number of hydrogen-bond donors (Lipinski definition) is 2. The quantitative estimate of drug-likeness (QED) is 0.692. The molecule has 2 aromatic rings. The maximum atomic E-state index is 13.0. The molecule has 0 atom stereocenters. The molecular weight excluding hydrogens is 403 g/mol. The van der Waals surface area contributed by atoms with Gasteiger partial charge in [-0.25, -0.2) is 4.39 Å². The second-order valence-electron chi connectivity index (χ2n) is 3.87. The second kappa shape index (κ2) is 6.15.